The van der Waals surface area contributed by atoms with Gasteiger partial charge in [-0.25, -0.2) is 0 Å². The summed E-state index contributed by atoms with van der Waals surface area (Å²) in [6, 6.07) is 3.64. The molecule has 0 atom stereocenters. The fourth-order valence-electron chi connectivity index (χ4n) is 4.50. The molecule has 5 nitrogen and oxygen atoms in total. The summed E-state index contributed by atoms with van der Waals surface area (Å²) in [5.41, 5.74) is 4.03. The molecule has 0 spiro atoms. The van der Waals surface area contributed by atoms with Crippen molar-refractivity contribution in [1.82, 2.24) is 9.88 Å². The van der Waals surface area contributed by atoms with E-state index in [1.807, 2.05) is 0 Å². The molecule has 1 saturated heterocycles. The molecule has 2 heterocycles. The van der Waals surface area contributed by atoms with Crippen LogP contribution in [0.4, 0.5) is 14.5 Å². The predicted molar refractivity (Wildman–Crippen MR) is 115 cm³/mol. The number of aromatic nitrogens is 1. The first-order chi connectivity index (χ1) is 14.5. The summed E-state index contributed by atoms with van der Waals surface area (Å²) in [7, 11) is 0. The number of alkyl halides is 2. The average molecular weight is 420 g/mol. The largest absolute Gasteiger partial charge is 0.490 e. The van der Waals surface area contributed by atoms with Gasteiger partial charge < -0.3 is 19.7 Å². The highest BCUT2D eigenvalue weighted by Gasteiger charge is 2.23. The van der Waals surface area contributed by atoms with Crippen LogP contribution in [0.3, 0.4) is 0 Å². The maximum absolute atomic E-state index is 13.1. The third-order valence-electron chi connectivity index (χ3n) is 5.80. The zero-order chi connectivity index (χ0) is 21.1. The summed E-state index contributed by atoms with van der Waals surface area (Å²) in [5.74, 6) is 0.412. The summed E-state index contributed by atoms with van der Waals surface area (Å²) in [6.07, 6.45) is 6.31. The van der Waals surface area contributed by atoms with E-state index in [1.165, 1.54) is 18.4 Å². The number of hydrogen-bond acceptors (Lipinski definition) is 5. The van der Waals surface area contributed by atoms with Gasteiger partial charge in [-0.1, -0.05) is 0 Å². The van der Waals surface area contributed by atoms with E-state index >= 15 is 0 Å². The molecule has 1 aliphatic heterocycles. The summed E-state index contributed by atoms with van der Waals surface area (Å²) in [4.78, 5) is 7.24. The number of rotatable bonds is 9. The number of anilines is 1. The van der Waals surface area contributed by atoms with Gasteiger partial charge in [0.2, 0.25) is 0 Å². The number of aryl methyl sites for hydroxylation is 1. The molecule has 0 saturated carbocycles. The molecule has 1 N–H and O–H groups in total. The smallest absolute Gasteiger partial charge is 0.387 e. The Labute approximate surface area is 176 Å². The Kier molecular flexibility index (Phi) is 6.56. The molecule has 4 rings (SSSR count). The van der Waals surface area contributed by atoms with Crippen LogP contribution in [0.1, 0.15) is 50.8 Å². The van der Waals surface area contributed by atoms with Crippen molar-refractivity contribution in [2.45, 2.75) is 65.0 Å². The highest BCUT2D eigenvalue weighted by molar-refractivity contribution is 5.96. The summed E-state index contributed by atoms with van der Waals surface area (Å²) < 4.78 is 37.0. The summed E-state index contributed by atoms with van der Waals surface area (Å²) in [6.45, 7) is 4.94. The van der Waals surface area contributed by atoms with Crippen LogP contribution in [0, 0.1) is 0 Å². The molecule has 0 unspecified atom stereocenters. The number of nitrogens with one attached hydrogen (secondary N) is 1. The molecular weight excluding hydrogens is 388 g/mol. The second-order valence-electron chi connectivity index (χ2n) is 8.51. The lowest BCUT2D eigenvalue weighted by atomic mass is 10.1. The highest BCUT2D eigenvalue weighted by atomic mass is 19.3. The van der Waals surface area contributed by atoms with Gasteiger partial charge in [0.05, 0.1) is 12.1 Å². The number of nitrogens with zero attached hydrogens (tertiary/aromatic N) is 2. The van der Waals surface area contributed by atoms with E-state index in [2.05, 4.69) is 24.1 Å². The van der Waals surface area contributed by atoms with Gasteiger partial charge in [0.15, 0.2) is 11.5 Å². The molecule has 2 aromatic rings. The summed E-state index contributed by atoms with van der Waals surface area (Å²) >= 11 is 0. The van der Waals surface area contributed by atoms with Crippen LogP contribution < -0.4 is 14.8 Å². The lowest BCUT2D eigenvalue weighted by Crippen LogP contribution is -2.22. The fourth-order valence-corrected chi connectivity index (χ4v) is 4.50. The summed E-state index contributed by atoms with van der Waals surface area (Å²) in [5, 5.41) is 4.31. The molecule has 7 heteroatoms. The Hall–Kier alpha value is -2.15. The van der Waals surface area contributed by atoms with Gasteiger partial charge in [0, 0.05) is 35.4 Å². The Morgan fingerprint density at radius 2 is 1.90 bits per heavy atom. The van der Waals surface area contributed by atoms with Crippen LogP contribution in [-0.2, 0) is 12.8 Å². The topological polar surface area (TPSA) is 46.6 Å². The maximum Gasteiger partial charge on any atom is 0.387 e. The minimum Gasteiger partial charge on any atom is -0.490 e. The molecule has 0 radical (unpaired) electrons. The lowest BCUT2D eigenvalue weighted by Gasteiger charge is -2.20. The molecule has 1 aromatic carbocycles. The number of hydrogen-bond donors (Lipinski definition) is 1. The zero-order valence-electron chi connectivity index (χ0n) is 17.8. The average Bonchev–Trinajstić information content (AvgIpc) is 3.36. The molecule has 30 heavy (non-hydrogen) atoms. The number of fused-ring (bicyclic) bond motifs is 2. The fraction of sp³-hybridized carbons (Fsp3) is 0.609. The number of benzene rings is 1. The second kappa shape index (κ2) is 9.33. The van der Waals surface area contributed by atoms with Crippen LogP contribution in [0.5, 0.6) is 11.5 Å². The van der Waals surface area contributed by atoms with Crippen molar-refractivity contribution in [1.29, 1.82) is 0 Å². The van der Waals surface area contributed by atoms with Crippen LogP contribution in [0.15, 0.2) is 12.1 Å². The zero-order valence-corrected chi connectivity index (χ0v) is 17.8. The van der Waals surface area contributed by atoms with Crippen LogP contribution in [0.25, 0.3) is 10.9 Å². The molecular formula is C23H31F2N3O2. The Bertz CT molecular complexity index is 883. The van der Waals surface area contributed by atoms with E-state index in [9.17, 15) is 8.78 Å². The van der Waals surface area contributed by atoms with Crippen LogP contribution in [-0.4, -0.2) is 48.8 Å². The normalized spacial score (nSPS) is 16.6. The van der Waals surface area contributed by atoms with Crippen LogP contribution in [0.2, 0.25) is 0 Å². The third kappa shape index (κ3) is 4.77. The number of pyridine rings is 1. The van der Waals surface area contributed by atoms with Crippen molar-refractivity contribution in [3.05, 3.63) is 23.4 Å². The standard InChI is InChI=1S/C23H31F2N3O2/c1-15(2)26-22-16-7-5-8-18(16)27-19-14-20(21(13-17(19)22)30-23(24)25)29-12-6-11-28-9-3-4-10-28/h13-15,23H,3-12H2,1-2H3,(H,26,27). The van der Waals surface area contributed by atoms with Crippen LogP contribution >= 0.6 is 0 Å². The van der Waals surface area contributed by atoms with Crippen molar-refractivity contribution in [3.63, 3.8) is 0 Å². The highest BCUT2D eigenvalue weighted by Crippen LogP contribution is 2.40. The van der Waals surface area contributed by atoms with Gasteiger partial charge >= 0.3 is 6.61 Å². The van der Waals surface area contributed by atoms with E-state index in [1.54, 1.807) is 12.1 Å². The van der Waals surface area contributed by atoms with Crippen molar-refractivity contribution in [2.75, 3.05) is 31.6 Å². The Morgan fingerprint density at radius 3 is 2.63 bits per heavy atom. The monoisotopic (exact) mass is 419 g/mol. The van der Waals surface area contributed by atoms with Gasteiger partial charge in [0.25, 0.3) is 0 Å². The Morgan fingerprint density at radius 1 is 1.10 bits per heavy atom. The van der Waals surface area contributed by atoms with E-state index in [0.29, 0.717) is 12.4 Å². The van der Waals surface area contributed by atoms with Gasteiger partial charge in [-0.15, -0.1) is 0 Å². The maximum atomic E-state index is 13.1. The first-order valence-electron chi connectivity index (χ1n) is 11.1. The minimum absolute atomic E-state index is 0.0743. The molecule has 2 aliphatic rings. The second-order valence-corrected chi connectivity index (χ2v) is 8.51. The number of likely N-dealkylation sites (tertiary alicyclic amines) is 1. The van der Waals surface area contributed by atoms with E-state index in [0.717, 1.165) is 67.6 Å². The quantitative estimate of drug-likeness (QED) is 0.579. The first kappa shape index (κ1) is 21.1. The molecule has 0 bridgehead atoms. The number of ether oxygens (including phenoxy) is 2. The van der Waals surface area contributed by atoms with Crippen molar-refractivity contribution in [2.24, 2.45) is 0 Å². The SMILES string of the molecule is CC(C)Nc1c2c(nc3cc(OCCCN4CCCC4)c(OC(F)F)cc13)CCC2. The number of halogens is 2. The molecule has 164 valence electrons. The van der Waals surface area contributed by atoms with E-state index in [-0.39, 0.29) is 11.8 Å². The van der Waals surface area contributed by atoms with E-state index in [4.69, 9.17) is 14.5 Å². The minimum atomic E-state index is -2.90. The van der Waals surface area contributed by atoms with Crippen molar-refractivity contribution < 1.29 is 18.3 Å². The Balaban J connectivity index is 1.62. The third-order valence-corrected chi connectivity index (χ3v) is 5.80. The predicted octanol–water partition coefficient (Wildman–Crippen LogP) is 5.01. The van der Waals surface area contributed by atoms with Gasteiger partial charge in [-0.05, 0) is 77.1 Å². The van der Waals surface area contributed by atoms with Crippen molar-refractivity contribution in [3.8, 4) is 11.5 Å². The molecule has 1 aliphatic carbocycles. The molecule has 1 aromatic heterocycles. The van der Waals surface area contributed by atoms with E-state index < -0.39 is 6.61 Å². The van der Waals surface area contributed by atoms with Gasteiger partial charge in [0.1, 0.15) is 0 Å². The molecule has 1 fully saturated rings. The lowest BCUT2D eigenvalue weighted by molar-refractivity contribution is -0.0514. The van der Waals surface area contributed by atoms with Gasteiger partial charge in [-0.3, -0.25) is 4.98 Å². The first-order valence-corrected chi connectivity index (χ1v) is 11.1. The molecule has 0 amide bonds. The van der Waals surface area contributed by atoms with Gasteiger partial charge in [-0.2, -0.15) is 8.78 Å². The van der Waals surface area contributed by atoms with Crippen molar-refractivity contribution >= 4 is 16.6 Å².